The summed E-state index contributed by atoms with van der Waals surface area (Å²) in [5.74, 6) is -1.30. The molecule has 1 aromatic carbocycles. The summed E-state index contributed by atoms with van der Waals surface area (Å²) in [6.45, 7) is 1.75. The Bertz CT molecular complexity index is 747. The average molecular weight is 383 g/mol. The maximum atomic E-state index is 12.3. The van der Waals surface area contributed by atoms with Crippen molar-refractivity contribution in [3.05, 3.63) is 40.4 Å². The summed E-state index contributed by atoms with van der Waals surface area (Å²) < 4.78 is 5.03. The zero-order valence-electron chi connectivity index (χ0n) is 13.9. The van der Waals surface area contributed by atoms with Crippen LogP contribution in [0.3, 0.4) is 0 Å². The van der Waals surface area contributed by atoms with E-state index in [1.54, 1.807) is 19.1 Å². The molecular weight excluding hydrogens is 364 g/mol. The van der Waals surface area contributed by atoms with Crippen LogP contribution in [-0.4, -0.2) is 41.2 Å². The number of amides is 1. The van der Waals surface area contributed by atoms with Crippen molar-refractivity contribution < 1.29 is 19.4 Å². The predicted octanol–water partition coefficient (Wildman–Crippen LogP) is 3.00. The van der Waals surface area contributed by atoms with Crippen molar-refractivity contribution in [1.82, 2.24) is 10.3 Å². The van der Waals surface area contributed by atoms with Crippen LogP contribution in [-0.2, 0) is 20.7 Å². The van der Waals surface area contributed by atoms with E-state index in [0.717, 1.165) is 10.6 Å². The van der Waals surface area contributed by atoms with E-state index < -0.39 is 11.5 Å². The molecule has 134 valence electrons. The molecule has 2 aromatic rings. The molecule has 6 nitrogen and oxygen atoms in total. The molecule has 2 N–H and O–H groups in total. The summed E-state index contributed by atoms with van der Waals surface area (Å²) in [4.78, 5) is 27.7. The van der Waals surface area contributed by atoms with Crippen LogP contribution in [0.25, 0.3) is 10.6 Å². The third kappa shape index (κ3) is 5.81. The standard InChI is InChI=1S/C17H19ClN2O4S/c1-17(10-24-2,8-15(22)23)20-14(21)7-13-9-25-16(19-13)11-3-5-12(18)6-4-11/h3-6,9H,7-8,10H2,1-2H3,(H,20,21)(H,22,23). The number of thiazole rings is 1. The quantitative estimate of drug-likeness (QED) is 0.732. The highest BCUT2D eigenvalue weighted by molar-refractivity contribution is 7.13. The highest BCUT2D eigenvalue weighted by atomic mass is 35.5. The van der Waals surface area contributed by atoms with Crippen LogP contribution in [0.4, 0.5) is 0 Å². The number of carbonyl (C=O) groups excluding carboxylic acids is 1. The summed E-state index contributed by atoms with van der Waals surface area (Å²) in [6.07, 6.45) is -0.150. The van der Waals surface area contributed by atoms with Gasteiger partial charge in [-0.05, 0) is 19.1 Å². The van der Waals surface area contributed by atoms with E-state index in [1.807, 2.05) is 17.5 Å². The number of hydrogen-bond acceptors (Lipinski definition) is 5. The van der Waals surface area contributed by atoms with Gasteiger partial charge in [0.2, 0.25) is 5.91 Å². The van der Waals surface area contributed by atoms with Crippen molar-refractivity contribution in [2.75, 3.05) is 13.7 Å². The minimum atomic E-state index is -1.00. The fraction of sp³-hybridized carbons (Fsp3) is 0.353. The first-order valence-corrected chi connectivity index (χ1v) is 8.79. The lowest BCUT2D eigenvalue weighted by molar-refractivity contribution is -0.139. The largest absolute Gasteiger partial charge is 0.481 e. The molecule has 1 atom stereocenters. The molecule has 0 aliphatic heterocycles. The van der Waals surface area contributed by atoms with Gasteiger partial charge in [-0.3, -0.25) is 9.59 Å². The first-order chi connectivity index (χ1) is 11.8. The van der Waals surface area contributed by atoms with Crippen molar-refractivity contribution in [3.63, 3.8) is 0 Å². The van der Waals surface area contributed by atoms with Crippen LogP contribution in [0.15, 0.2) is 29.6 Å². The number of halogens is 1. The lowest BCUT2D eigenvalue weighted by Crippen LogP contribution is -2.51. The van der Waals surface area contributed by atoms with Gasteiger partial charge < -0.3 is 15.2 Å². The normalized spacial score (nSPS) is 13.2. The highest BCUT2D eigenvalue weighted by Gasteiger charge is 2.29. The lowest BCUT2D eigenvalue weighted by Gasteiger charge is -2.28. The number of benzene rings is 1. The minimum absolute atomic E-state index is 0.0724. The number of ether oxygens (including phenoxy) is 1. The number of aliphatic carboxylic acids is 1. The van der Waals surface area contributed by atoms with Crippen LogP contribution in [0.2, 0.25) is 5.02 Å². The van der Waals surface area contributed by atoms with Gasteiger partial charge in [0.15, 0.2) is 0 Å². The fourth-order valence-electron chi connectivity index (χ4n) is 2.44. The maximum Gasteiger partial charge on any atom is 0.305 e. The SMILES string of the molecule is COCC(C)(CC(=O)O)NC(=O)Cc1csc(-c2ccc(Cl)cc2)n1. The first-order valence-electron chi connectivity index (χ1n) is 7.53. The van der Waals surface area contributed by atoms with Crippen LogP contribution in [0.1, 0.15) is 19.0 Å². The summed E-state index contributed by atoms with van der Waals surface area (Å²) in [5, 5.41) is 15.0. The van der Waals surface area contributed by atoms with E-state index in [4.69, 9.17) is 21.4 Å². The summed E-state index contributed by atoms with van der Waals surface area (Å²) in [6, 6.07) is 7.31. The summed E-state index contributed by atoms with van der Waals surface area (Å²) in [5.41, 5.74) is 0.589. The van der Waals surface area contributed by atoms with Crippen LogP contribution in [0, 0.1) is 0 Å². The molecule has 1 amide bonds. The molecule has 0 fully saturated rings. The van der Waals surface area contributed by atoms with Gasteiger partial charge in [-0.2, -0.15) is 0 Å². The third-order valence-electron chi connectivity index (χ3n) is 3.43. The number of methoxy groups -OCH3 is 1. The number of nitrogens with one attached hydrogen (secondary N) is 1. The molecule has 0 spiro atoms. The summed E-state index contributed by atoms with van der Waals surface area (Å²) >= 11 is 7.31. The minimum Gasteiger partial charge on any atom is -0.481 e. The van der Waals surface area contributed by atoms with Gasteiger partial charge in [-0.1, -0.05) is 23.7 Å². The zero-order chi connectivity index (χ0) is 18.4. The molecule has 8 heteroatoms. The predicted molar refractivity (Wildman–Crippen MR) is 96.9 cm³/mol. The van der Waals surface area contributed by atoms with Gasteiger partial charge >= 0.3 is 5.97 Å². The van der Waals surface area contributed by atoms with Crippen molar-refractivity contribution >= 4 is 34.8 Å². The van der Waals surface area contributed by atoms with Crippen molar-refractivity contribution in [2.45, 2.75) is 25.3 Å². The Hall–Kier alpha value is -1.96. The lowest BCUT2D eigenvalue weighted by atomic mass is 9.98. The van der Waals surface area contributed by atoms with Crippen molar-refractivity contribution in [3.8, 4) is 10.6 Å². The smallest absolute Gasteiger partial charge is 0.305 e. The monoisotopic (exact) mass is 382 g/mol. The summed E-state index contributed by atoms with van der Waals surface area (Å²) in [7, 11) is 1.46. The molecule has 1 heterocycles. The second-order valence-corrected chi connectivity index (χ2v) is 7.23. The van der Waals surface area contributed by atoms with Crippen LogP contribution < -0.4 is 5.32 Å². The third-order valence-corrected chi connectivity index (χ3v) is 4.62. The van der Waals surface area contributed by atoms with Crippen LogP contribution in [0.5, 0.6) is 0 Å². The number of aromatic nitrogens is 1. The molecular formula is C17H19ClN2O4S. The molecule has 2 rings (SSSR count). The Labute approximate surface area is 154 Å². The van der Waals surface area contributed by atoms with Crippen molar-refractivity contribution in [1.29, 1.82) is 0 Å². The van der Waals surface area contributed by atoms with Gasteiger partial charge in [0.25, 0.3) is 0 Å². The van der Waals surface area contributed by atoms with E-state index in [9.17, 15) is 9.59 Å². The maximum absolute atomic E-state index is 12.3. The molecule has 1 unspecified atom stereocenters. The average Bonchev–Trinajstić information content (AvgIpc) is 2.95. The molecule has 0 radical (unpaired) electrons. The number of hydrogen-bond donors (Lipinski definition) is 2. The van der Waals surface area contributed by atoms with Crippen molar-refractivity contribution in [2.24, 2.45) is 0 Å². The Morgan fingerprint density at radius 2 is 2.04 bits per heavy atom. The number of nitrogens with zero attached hydrogens (tertiary/aromatic N) is 1. The highest BCUT2D eigenvalue weighted by Crippen LogP contribution is 2.25. The van der Waals surface area contributed by atoms with Gasteiger partial charge in [-0.25, -0.2) is 4.98 Å². The molecule has 0 aliphatic carbocycles. The number of carbonyl (C=O) groups is 2. The van der Waals surface area contributed by atoms with Gasteiger partial charge in [0, 0.05) is 23.1 Å². The fourth-order valence-corrected chi connectivity index (χ4v) is 3.39. The van der Waals surface area contributed by atoms with E-state index in [0.29, 0.717) is 10.7 Å². The van der Waals surface area contributed by atoms with Gasteiger partial charge in [-0.15, -0.1) is 11.3 Å². The number of carboxylic acids is 1. The number of rotatable bonds is 8. The molecule has 0 saturated carbocycles. The zero-order valence-corrected chi connectivity index (χ0v) is 15.5. The molecule has 0 aliphatic rings. The molecule has 0 bridgehead atoms. The molecule has 25 heavy (non-hydrogen) atoms. The first kappa shape index (κ1) is 19.4. The van der Waals surface area contributed by atoms with E-state index in [-0.39, 0.29) is 25.4 Å². The Kier molecular flexibility index (Phi) is 6.52. The van der Waals surface area contributed by atoms with E-state index in [2.05, 4.69) is 10.3 Å². The Morgan fingerprint density at radius 3 is 2.64 bits per heavy atom. The van der Waals surface area contributed by atoms with Crippen LogP contribution >= 0.6 is 22.9 Å². The number of carboxylic acid groups (broad SMARTS) is 1. The van der Waals surface area contributed by atoms with E-state index in [1.165, 1.54) is 18.4 Å². The van der Waals surface area contributed by atoms with E-state index >= 15 is 0 Å². The second kappa shape index (κ2) is 8.42. The molecule has 1 aromatic heterocycles. The Balaban J connectivity index is 2.03. The second-order valence-electron chi connectivity index (χ2n) is 5.94. The van der Waals surface area contributed by atoms with Gasteiger partial charge in [0.1, 0.15) is 5.01 Å². The van der Waals surface area contributed by atoms with Gasteiger partial charge in [0.05, 0.1) is 30.7 Å². The Morgan fingerprint density at radius 1 is 1.36 bits per heavy atom. The topological polar surface area (TPSA) is 88.5 Å². The molecule has 0 saturated heterocycles.